The van der Waals surface area contributed by atoms with Gasteiger partial charge in [0.25, 0.3) is 0 Å². The summed E-state index contributed by atoms with van der Waals surface area (Å²) < 4.78 is 4.61. The lowest BCUT2D eigenvalue weighted by molar-refractivity contribution is 0.591. The highest BCUT2D eigenvalue weighted by Crippen LogP contribution is 2.41. The highest BCUT2D eigenvalue weighted by Gasteiger charge is 2.23. The minimum absolute atomic E-state index is 0.0361. The minimum Gasteiger partial charge on any atom is -0.354 e. The summed E-state index contributed by atoms with van der Waals surface area (Å²) in [7, 11) is 0. The second-order valence-electron chi connectivity index (χ2n) is 14.9. The van der Waals surface area contributed by atoms with Crippen molar-refractivity contribution in [3.63, 3.8) is 0 Å². The molecule has 6 aromatic carbocycles. The van der Waals surface area contributed by atoms with Crippen molar-refractivity contribution in [3.05, 3.63) is 157 Å². The number of imidazole rings is 1. The third kappa shape index (κ3) is 4.55. The Hall–Kier alpha value is -6.46. The molecule has 0 aliphatic rings. The zero-order valence-electron chi connectivity index (χ0n) is 29.6. The van der Waals surface area contributed by atoms with Crippen molar-refractivity contribution in [2.24, 2.45) is 0 Å². The van der Waals surface area contributed by atoms with Gasteiger partial charge in [0.1, 0.15) is 11.6 Å². The topological polar surface area (TPSA) is 51.4 Å². The van der Waals surface area contributed by atoms with E-state index in [4.69, 9.17) is 9.97 Å². The molecular formula is C47H37N5. The Kier molecular flexibility index (Phi) is 6.58. The molecule has 52 heavy (non-hydrogen) atoms. The zero-order chi connectivity index (χ0) is 35.1. The van der Waals surface area contributed by atoms with Crippen LogP contribution in [-0.2, 0) is 5.41 Å². The third-order valence-electron chi connectivity index (χ3n) is 10.6. The number of aryl methyl sites for hydroxylation is 1. The van der Waals surface area contributed by atoms with Gasteiger partial charge in [0.05, 0.1) is 27.6 Å². The summed E-state index contributed by atoms with van der Waals surface area (Å²) >= 11 is 0. The van der Waals surface area contributed by atoms with E-state index in [2.05, 4.69) is 175 Å². The standard InChI is InChI=1S/C47H37N5/c1-29-20-23-36(45-43(29)35-15-8-9-17-38(35)49-45)46-50-44-33(16-12-18-40(44)51(46)32-13-6-5-7-14-32)30-21-24-34-37-28-31(47(2,3)4)22-25-39(37)52(41(34)27-30)42-19-10-11-26-48-42/h5-28,49H,1-4H3. The number of fused-ring (bicyclic) bond motifs is 7. The average Bonchev–Trinajstić information content (AvgIpc) is 3.85. The van der Waals surface area contributed by atoms with E-state index in [1.54, 1.807) is 0 Å². The number of nitrogens with one attached hydrogen (secondary N) is 1. The van der Waals surface area contributed by atoms with Crippen LogP contribution < -0.4 is 0 Å². The van der Waals surface area contributed by atoms with Crippen LogP contribution in [0.25, 0.3) is 88.7 Å². The van der Waals surface area contributed by atoms with E-state index >= 15 is 0 Å². The number of rotatable bonds is 4. The first-order chi connectivity index (χ1) is 25.3. The first-order valence-electron chi connectivity index (χ1n) is 17.9. The van der Waals surface area contributed by atoms with Crippen molar-refractivity contribution in [3.8, 4) is 34.0 Å². The molecule has 0 aliphatic heterocycles. The molecule has 0 radical (unpaired) electrons. The average molecular weight is 672 g/mol. The zero-order valence-corrected chi connectivity index (χ0v) is 29.6. The maximum atomic E-state index is 5.55. The molecule has 0 amide bonds. The molecule has 5 nitrogen and oxygen atoms in total. The number of hydrogen-bond acceptors (Lipinski definition) is 2. The Morgan fingerprint density at radius 1 is 0.596 bits per heavy atom. The highest BCUT2D eigenvalue weighted by molar-refractivity contribution is 6.14. The molecule has 0 spiro atoms. The van der Waals surface area contributed by atoms with E-state index in [9.17, 15) is 0 Å². The summed E-state index contributed by atoms with van der Waals surface area (Å²) in [6.45, 7) is 9.00. The normalized spacial score (nSPS) is 12.2. The van der Waals surface area contributed by atoms with Crippen molar-refractivity contribution in [1.29, 1.82) is 0 Å². The number of para-hydroxylation sites is 3. The minimum atomic E-state index is 0.0361. The quantitative estimate of drug-likeness (QED) is 0.202. The van der Waals surface area contributed by atoms with Crippen molar-refractivity contribution in [1.82, 2.24) is 24.1 Å². The molecule has 250 valence electrons. The lowest BCUT2D eigenvalue weighted by Crippen LogP contribution is -2.10. The molecule has 4 aromatic heterocycles. The highest BCUT2D eigenvalue weighted by atomic mass is 15.1. The molecule has 10 aromatic rings. The number of H-pyrrole nitrogens is 1. The molecule has 0 unspecified atom stereocenters. The van der Waals surface area contributed by atoms with E-state index < -0.39 is 0 Å². The van der Waals surface area contributed by atoms with Crippen LogP contribution in [0.3, 0.4) is 0 Å². The first-order valence-corrected chi connectivity index (χ1v) is 17.9. The van der Waals surface area contributed by atoms with Crippen LogP contribution in [0.1, 0.15) is 31.9 Å². The second-order valence-corrected chi connectivity index (χ2v) is 14.9. The molecular weight excluding hydrogens is 635 g/mol. The molecule has 5 heteroatoms. The molecule has 10 rings (SSSR count). The Morgan fingerprint density at radius 2 is 1.42 bits per heavy atom. The van der Waals surface area contributed by atoms with Crippen LogP contribution in [0.4, 0.5) is 0 Å². The SMILES string of the molecule is Cc1ccc(-c2nc3c(-c4ccc5c6cc(C(C)(C)C)ccc6n(-c6ccccn6)c5c4)cccc3n2-c2ccccc2)c2[nH]c3ccccc3c12. The van der Waals surface area contributed by atoms with Crippen LogP contribution in [0.5, 0.6) is 0 Å². The Morgan fingerprint density at radius 3 is 2.25 bits per heavy atom. The Balaban J connectivity index is 1.25. The van der Waals surface area contributed by atoms with E-state index in [1.807, 2.05) is 12.3 Å². The number of hydrogen-bond donors (Lipinski definition) is 1. The molecule has 1 N–H and O–H groups in total. The van der Waals surface area contributed by atoms with Crippen molar-refractivity contribution >= 4 is 54.6 Å². The monoisotopic (exact) mass is 671 g/mol. The van der Waals surface area contributed by atoms with Gasteiger partial charge < -0.3 is 4.98 Å². The van der Waals surface area contributed by atoms with E-state index in [0.29, 0.717) is 0 Å². The van der Waals surface area contributed by atoms with Gasteiger partial charge in [-0.2, -0.15) is 0 Å². The number of benzene rings is 6. The lowest BCUT2D eigenvalue weighted by Gasteiger charge is -2.19. The van der Waals surface area contributed by atoms with Gasteiger partial charge in [-0.05, 0) is 89.7 Å². The van der Waals surface area contributed by atoms with Gasteiger partial charge >= 0.3 is 0 Å². The summed E-state index contributed by atoms with van der Waals surface area (Å²) in [5, 5.41) is 4.91. The first kappa shape index (κ1) is 30.4. The molecule has 0 aliphatic carbocycles. The smallest absolute Gasteiger partial charge is 0.147 e. The van der Waals surface area contributed by atoms with Gasteiger partial charge in [0, 0.05) is 50.1 Å². The van der Waals surface area contributed by atoms with Crippen LogP contribution >= 0.6 is 0 Å². The van der Waals surface area contributed by atoms with Gasteiger partial charge in [0.15, 0.2) is 0 Å². The molecule has 4 heterocycles. The maximum absolute atomic E-state index is 5.55. The van der Waals surface area contributed by atoms with E-state index in [0.717, 1.165) is 67.1 Å². The van der Waals surface area contributed by atoms with Gasteiger partial charge in [-0.25, -0.2) is 9.97 Å². The fourth-order valence-corrected chi connectivity index (χ4v) is 8.05. The number of pyridine rings is 1. The third-order valence-corrected chi connectivity index (χ3v) is 10.6. The predicted molar refractivity (Wildman–Crippen MR) is 217 cm³/mol. The summed E-state index contributed by atoms with van der Waals surface area (Å²) in [4.78, 5) is 14.1. The van der Waals surface area contributed by atoms with Crippen LogP contribution in [-0.4, -0.2) is 24.1 Å². The number of aromatic amines is 1. The van der Waals surface area contributed by atoms with Crippen LogP contribution in [0, 0.1) is 6.92 Å². The van der Waals surface area contributed by atoms with Crippen LogP contribution in [0.15, 0.2) is 146 Å². The molecule has 0 saturated carbocycles. The fraction of sp³-hybridized carbons (Fsp3) is 0.106. The molecule has 0 fully saturated rings. The van der Waals surface area contributed by atoms with Crippen molar-refractivity contribution in [2.45, 2.75) is 33.1 Å². The largest absolute Gasteiger partial charge is 0.354 e. The van der Waals surface area contributed by atoms with Gasteiger partial charge in [-0.15, -0.1) is 0 Å². The fourth-order valence-electron chi connectivity index (χ4n) is 8.05. The lowest BCUT2D eigenvalue weighted by atomic mass is 9.86. The summed E-state index contributed by atoms with van der Waals surface area (Å²) in [6, 6.07) is 50.0. The number of nitrogens with zero attached hydrogens (tertiary/aromatic N) is 4. The number of aromatic nitrogens is 5. The van der Waals surface area contributed by atoms with Gasteiger partial charge in [0.2, 0.25) is 0 Å². The predicted octanol–water partition coefficient (Wildman–Crippen LogP) is 12.1. The van der Waals surface area contributed by atoms with Gasteiger partial charge in [-0.1, -0.05) is 99.6 Å². The molecule has 0 saturated heterocycles. The molecule has 0 bridgehead atoms. The van der Waals surface area contributed by atoms with E-state index in [-0.39, 0.29) is 5.41 Å². The summed E-state index contributed by atoms with van der Waals surface area (Å²) in [5.41, 5.74) is 13.4. The van der Waals surface area contributed by atoms with Crippen molar-refractivity contribution < 1.29 is 0 Å². The van der Waals surface area contributed by atoms with Gasteiger partial charge in [-0.3, -0.25) is 9.13 Å². The molecule has 0 atom stereocenters. The van der Waals surface area contributed by atoms with Crippen LogP contribution in [0.2, 0.25) is 0 Å². The second kappa shape index (κ2) is 11.3. The summed E-state index contributed by atoms with van der Waals surface area (Å²) in [6.07, 6.45) is 1.87. The maximum Gasteiger partial charge on any atom is 0.147 e. The summed E-state index contributed by atoms with van der Waals surface area (Å²) in [5.74, 6) is 1.81. The van der Waals surface area contributed by atoms with E-state index in [1.165, 1.54) is 32.7 Å². The Labute approximate surface area is 301 Å². The van der Waals surface area contributed by atoms with Crippen molar-refractivity contribution in [2.75, 3.05) is 0 Å². The Bertz CT molecular complexity index is 2990.